The maximum Gasteiger partial charge on any atom is 0.276 e. The molecule has 0 bridgehead atoms. The van der Waals surface area contributed by atoms with Gasteiger partial charge in [0.05, 0.1) is 11.6 Å². The molecule has 0 amide bonds. The summed E-state index contributed by atoms with van der Waals surface area (Å²) < 4.78 is 6.62. The summed E-state index contributed by atoms with van der Waals surface area (Å²) in [5.41, 5.74) is 0.616. The van der Waals surface area contributed by atoms with Crippen LogP contribution in [-0.2, 0) is 0 Å². The molecule has 0 aliphatic rings. The monoisotopic (exact) mass is 161 g/mol. The fourth-order valence-electron chi connectivity index (χ4n) is 1.10. The molecule has 6 nitrogen and oxygen atoms in total. The first-order chi connectivity index (χ1) is 5.95. The maximum atomic E-state index is 5.17. The van der Waals surface area contributed by atoms with Gasteiger partial charge in [0.2, 0.25) is 5.71 Å². The molecule has 0 spiro atoms. The molecule has 0 aliphatic carbocycles. The predicted octanol–water partition coefficient (Wildman–Crippen LogP) is 0.265. The number of aromatic nitrogens is 5. The molecular formula is C6H3N5O. The minimum absolute atomic E-state index is 0.442. The van der Waals surface area contributed by atoms with Crippen molar-refractivity contribution in [1.82, 2.24) is 25.0 Å². The van der Waals surface area contributed by atoms with Gasteiger partial charge < -0.3 is 4.42 Å². The molecule has 6 heteroatoms. The average Bonchev–Trinajstić information content (AvgIpc) is 2.71. The molecular weight excluding hydrogens is 158 g/mol. The number of hydrogen-bond donors (Lipinski definition) is 0. The molecule has 0 N–H and O–H groups in total. The van der Waals surface area contributed by atoms with Crippen molar-refractivity contribution < 1.29 is 4.42 Å². The van der Waals surface area contributed by atoms with Gasteiger partial charge in [-0.3, -0.25) is 0 Å². The van der Waals surface area contributed by atoms with Gasteiger partial charge in [0.25, 0.3) is 5.78 Å². The van der Waals surface area contributed by atoms with Gasteiger partial charge in [-0.05, 0) is 16.5 Å². The van der Waals surface area contributed by atoms with Gasteiger partial charge in [-0.25, -0.2) is 4.98 Å². The fraction of sp³-hybridized carbons (Fsp3) is 0. The van der Waals surface area contributed by atoms with Gasteiger partial charge in [-0.15, -0.1) is 4.52 Å². The fourth-order valence-corrected chi connectivity index (χ4v) is 1.10. The third-order valence-electron chi connectivity index (χ3n) is 1.64. The lowest BCUT2D eigenvalue weighted by Gasteiger charge is -1.88. The standard InChI is InChI=1S/C6H3N5O/c1-2-12-5-4(1)3-7-6-8-9-10-11(5)6/h1-3H. The van der Waals surface area contributed by atoms with Crippen LogP contribution < -0.4 is 0 Å². The molecule has 3 aromatic rings. The first kappa shape index (κ1) is 5.64. The van der Waals surface area contributed by atoms with Crippen LogP contribution in [0.2, 0.25) is 0 Å². The van der Waals surface area contributed by atoms with Crippen molar-refractivity contribution >= 4 is 16.9 Å². The van der Waals surface area contributed by atoms with E-state index in [4.69, 9.17) is 4.42 Å². The Morgan fingerprint density at radius 3 is 3.42 bits per heavy atom. The lowest BCUT2D eigenvalue weighted by molar-refractivity contribution is 0.585. The van der Waals surface area contributed by atoms with E-state index in [0.29, 0.717) is 11.5 Å². The van der Waals surface area contributed by atoms with E-state index in [2.05, 4.69) is 20.5 Å². The second-order valence-electron chi connectivity index (χ2n) is 2.33. The lowest BCUT2D eigenvalue weighted by atomic mass is 10.4. The Labute approximate surface area is 65.8 Å². The summed E-state index contributed by atoms with van der Waals surface area (Å²) in [5.74, 6) is 0.442. The molecule has 0 radical (unpaired) electrons. The SMILES string of the molecule is c1cc2cnc3nnnn3c2o1. The smallest absolute Gasteiger partial charge is 0.276 e. The Kier molecular flexibility index (Phi) is 0.840. The van der Waals surface area contributed by atoms with Crippen molar-refractivity contribution in [3.05, 3.63) is 18.5 Å². The van der Waals surface area contributed by atoms with E-state index in [-0.39, 0.29) is 0 Å². The lowest BCUT2D eigenvalue weighted by Crippen LogP contribution is -1.90. The second kappa shape index (κ2) is 1.79. The summed E-state index contributed by atoms with van der Waals surface area (Å²) in [6.07, 6.45) is 3.25. The predicted molar refractivity (Wildman–Crippen MR) is 38.3 cm³/mol. The zero-order valence-corrected chi connectivity index (χ0v) is 5.88. The van der Waals surface area contributed by atoms with E-state index < -0.39 is 0 Å². The van der Waals surface area contributed by atoms with Gasteiger partial charge >= 0.3 is 0 Å². The molecule has 3 heterocycles. The van der Waals surface area contributed by atoms with E-state index in [9.17, 15) is 0 Å². The highest BCUT2D eigenvalue weighted by Crippen LogP contribution is 2.12. The topological polar surface area (TPSA) is 69.1 Å². The first-order valence-corrected chi connectivity index (χ1v) is 3.35. The largest absolute Gasteiger partial charge is 0.446 e. The van der Waals surface area contributed by atoms with Gasteiger partial charge in [0.15, 0.2) is 0 Å². The van der Waals surface area contributed by atoms with E-state index in [1.165, 1.54) is 4.52 Å². The van der Waals surface area contributed by atoms with Crippen LogP contribution in [0, 0.1) is 0 Å². The highest BCUT2D eigenvalue weighted by molar-refractivity contribution is 5.73. The van der Waals surface area contributed by atoms with E-state index in [1.54, 1.807) is 12.5 Å². The Bertz CT molecular complexity index is 489. The second-order valence-corrected chi connectivity index (χ2v) is 2.33. The normalized spacial score (nSPS) is 11.3. The van der Waals surface area contributed by atoms with Crippen LogP contribution in [0.3, 0.4) is 0 Å². The molecule has 0 aliphatic heterocycles. The first-order valence-electron chi connectivity index (χ1n) is 3.35. The molecule has 0 unspecified atom stereocenters. The van der Waals surface area contributed by atoms with Crippen molar-refractivity contribution in [2.45, 2.75) is 0 Å². The van der Waals surface area contributed by atoms with E-state index in [0.717, 1.165) is 5.39 Å². The number of nitrogens with zero attached hydrogens (tertiary/aromatic N) is 5. The van der Waals surface area contributed by atoms with Crippen molar-refractivity contribution in [2.24, 2.45) is 0 Å². The quantitative estimate of drug-likeness (QED) is 0.473. The van der Waals surface area contributed by atoms with Crippen LogP contribution in [0.15, 0.2) is 22.9 Å². The van der Waals surface area contributed by atoms with Gasteiger partial charge in [-0.1, -0.05) is 5.10 Å². The maximum absolute atomic E-state index is 5.17. The number of fused-ring (bicyclic) bond motifs is 3. The Morgan fingerprint density at radius 2 is 2.42 bits per heavy atom. The number of tetrazole rings is 1. The van der Waals surface area contributed by atoms with Gasteiger partial charge in [0.1, 0.15) is 0 Å². The summed E-state index contributed by atoms with van der Waals surface area (Å²) in [7, 11) is 0. The molecule has 0 fully saturated rings. The Morgan fingerprint density at radius 1 is 1.42 bits per heavy atom. The molecule has 0 saturated carbocycles. The highest BCUT2D eigenvalue weighted by atomic mass is 16.3. The number of hydrogen-bond acceptors (Lipinski definition) is 5. The van der Waals surface area contributed by atoms with Gasteiger partial charge in [0, 0.05) is 6.20 Å². The van der Waals surface area contributed by atoms with Crippen LogP contribution in [-0.4, -0.2) is 25.0 Å². The van der Waals surface area contributed by atoms with Gasteiger partial charge in [-0.2, -0.15) is 0 Å². The van der Waals surface area contributed by atoms with Crippen molar-refractivity contribution in [3.8, 4) is 0 Å². The van der Waals surface area contributed by atoms with E-state index >= 15 is 0 Å². The zero-order chi connectivity index (χ0) is 7.97. The summed E-state index contributed by atoms with van der Waals surface area (Å²) in [6, 6.07) is 1.81. The molecule has 0 saturated heterocycles. The van der Waals surface area contributed by atoms with Crippen LogP contribution in [0.4, 0.5) is 0 Å². The van der Waals surface area contributed by atoms with Crippen LogP contribution in [0.5, 0.6) is 0 Å². The minimum Gasteiger partial charge on any atom is -0.446 e. The minimum atomic E-state index is 0.442. The van der Waals surface area contributed by atoms with Crippen LogP contribution >= 0.6 is 0 Å². The van der Waals surface area contributed by atoms with Crippen LogP contribution in [0.1, 0.15) is 0 Å². The number of rotatable bonds is 0. The highest BCUT2D eigenvalue weighted by Gasteiger charge is 2.05. The van der Waals surface area contributed by atoms with Crippen LogP contribution in [0.25, 0.3) is 16.9 Å². The molecule has 58 valence electrons. The average molecular weight is 161 g/mol. The molecule has 3 aromatic heterocycles. The number of furan rings is 1. The summed E-state index contributed by atoms with van der Waals surface area (Å²) >= 11 is 0. The summed E-state index contributed by atoms with van der Waals surface area (Å²) in [5, 5.41) is 11.8. The third-order valence-corrected chi connectivity index (χ3v) is 1.64. The summed E-state index contributed by atoms with van der Waals surface area (Å²) in [6.45, 7) is 0. The molecule has 0 atom stereocenters. The van der Waals surface area contributed by atoms with E-state index in [1.807, 2.05) is 6.07 Å². The summed E-state index contributed by atoms with van der Waals surface area (Å²) in [4.78, 5) is 4.01. The van der Waals surface area contributed by atoms with Crippen molar-refractivity contribution in [2.75, 3.05) is 0 Å². The zero-order valence-electron chi connectivity index (χ0n) is 5.88. The van der Waals surface area contributed by atoms with Crippen molar-refractivity contribution in [3.63, 3.8) is 0 Å². The molecule has 12 heavy (non-hydrogen) atoms. The Hall–Kier alpha value is -1.98. The third kappa shape index (κ3) is 0.541. The molecule has 0 aromatic carbocycles. The molecule has 3 rings (SSSR count). The Balaban J connectivity index is 2.71. The van der Waals surface area contributed by atoms with Crippen molar-refractivity contribution in [1.29, 1.82) is 0 Å².